The largest absolute Gasteiger partial charge is 0.497 e. The number of morpholine rings is 1. The van der Waals surface area contributed by atoms with E-state index in [4.69, 9.17) is 9.47 Å². The van der Waals surface area contributed by atoms with Crippen molar-refractivity contribution in [2.24, 2.45) is 0 Å². The quantitative estimate of drug-likeness (QED) is 0.824. The van der Waals surface area contributed by atoms with Gasteiger partial charge in [0.1, 0.15) is 5.75 Å². The molecule has 2 aliphatic heterocycles. The zero-order valence-corrected chi connectivity index (χ0v) is 15.2. The van der Waals surface area contributed by atoms with Gasteiger partial charge in [0.15, 0.2) is 0 Å². The van der Waals surface area contributed by atoms with Crippen molar-refractivity contribution in [1.82, 2.24) is 15.5 Å². The summed E-state index contributed by atoms with van der Waals surface area (Å²) < 4.78 is 11.1. The first-order valence-corrected chi connectivity index (χ1v) is 9.17. The SMILES string of the molecule is COc1cccc(C[C@H](C)NC(=O)NC[C@H]2CN3CCC[C@H]3CO2)c1. The number of rotatable bonds is 6. The second-order valence-electron chi connectivity index (χ2n) is 7.06. The van der Waals surface area contributed by atoms with Crippen molar-refractivity contribution in [3.05, 3.63) is 29.8 Å². The molecule has 3 atom stereocenters. The third-order valence-corrected chi connectivity index (χ3v) is 5.01. The van der Waals surface area contributed by atoms with Crippen molar-refractivity contribution < 1.29 is 14.3 Å². The average molecular weight is 347 g/mol. The number of amides is 2. The number of hydrogen-bond donors (Lipinski definition) is 2. The summed E-state index contributed by atoms with van der Waals surface area (Å²) in [5.41, 5.74) is 1.14. The average Bonchev–Trinajstić information content (AvgIpc) is 3.07. The lowest BCUT2D eigenvalue weighted by Gasteiger charge is -2.35. The Hall–Kier alpha value is -1.79. The van der Waals surface area contributed by atoms with Gasteiger partial charge in [-0.3, -0.25) is 4.90 Å². The molecular formula is C19H29N3O3. The van der Waals surface area contributed by atoms with E-state index in [9.17, 15) is 4.79 Å². The number of ether oxygens (including phenoxy) is 2. The Balaban J connectivity index is 1.38. The van der Waals surface area contributed by atoms with Gasteiger partial charge in [-0.05, 0) is 50.4 Å². The van der Waals surface area contributed by atoms with Crippen LogP contribution in [0.4, 0.5) is 4.79 Å². The molecular weight excluding hydrogens is 318 g/mol. The van der Waals surface area contributed by atoms with Gasteiger partial charge >= 0.3 is 6.03 Å². The van der Waals surface area contributed by atoms with Crippen LogP contribution in [0, 0.1) is 0 Å². The molecule has 0 spiro atoms. The van der Waals surface area contributed by atoms with Gasteiger partial charge in [-0.1, -0.05) is 12.1 Å². The first kappa shape index (κ1) is 18.0. The fraction of sp³-hybridized carbons (Fsp3) is 0.632. The van der Waals surface area contributed by atoms with E-state index in [0.717, 1.165) is 37.4 Å². The Labute approximate surface area is 149 Å². The predicted octanol–water partition coefficient (Wildman–Crippen LogP) is 1.79. The molecule has 6 nitrogen and oxygen atoms in total. The van der Waals surface area contributed by atoms with Crippen LogP contribution in [-0.2, 0) is 11.2 Å². The maximum Gasteiger partial charge on any atom is 0.315 e. The molecule has 0 bridgehead atoms. The van der Waals surface area contributed by atoms with E-state index >= 15 is 0 Å². The molecule has 2 saturated heterocycles. The summed E-state index contributed by atoms with van der Waals surface area (Å²) in [6.45, 7) is 5.44. The standard InChI is InChI=1S/C19H29N3O3/c1-14(9-15-5-3-7-17(10-15)24-2)21-19(23)20-11-18-12-22-8-4-6-16(22)13-25-18/h3,5,7,10,14,16,18H,4,6,8-9,11-13H2,1-2H3,(H2,20,21,23)/t14-,16-,18-/m0/s1. The Morgan fingerprint density at radius 3 is 3.20 bits per heavy atom. The fourth-order valence-electron chi connectivity index (χ4n) is 3.69. The summed E-state index contributed by atoms with van der Waals surface area (Å²) in [5, 5.41) is 5.94. The zero-order chi connectivity index (χ0) is 17.6. The van der Waals surface area contributed by atoms with E-state index in [1.165, 1.54) is 12.8 Å². The van der Waals surface area contributed by atoms with Crippen LogP contribution in [0.2, 0.25) is 0 Å². The molecule has 6 heteroatoms. The molecule has 138 valence electrons. The van der Waals surface area contributed by atoms with Crippen molar-refractivity contribution in [2.75, 3.05) is 33.4 Å². The summed E-state index contributed by atoms with van der Waals surface area (Å²) in [6, 6.07) is 8.42. The number of urea groups is 1. The molecule has 3 rings (SSSR count). The number of fused-ring (bicyclic) bond motifs is 1. The molecule has 0 aliphatic carbocycles. The van der Waals surface area contributed by atoms with Crippen LogP contribution in [0.5, 0.6) is 5.75 Å². The highest BCUT2D eigenvalue weighted by molar-refractivity contribution is 5.74. The highest BCUT2D eigenvalue weighted by Crippen LogP contribution is 2.22. The molecule has 2 aliphatic rings. The highest BCUT2D eigenvalue weighted by Gasteiger charge is 2.32. The number of carbonyl (C=O) groups excluding carboxylic acids is 1. The molecule has 0 aromatic heterocycles. The third kappa shape index (κ3) is 5.09. The summed E-state index contributed by atoms with van der Waals surface area (Å²) in [6.07, 6.45) is 3.35. The number of methoxy groups -OCH3 is 1. The number of benzene rings is 1. The van der Waals surface area contributed by atoms with Crippen molar-refractivity contribution in [2.45, 2.75) is 44.4 Å². The van der Waals surface area contributed by atoms with Crippen LogP contribution in [-0.4, -0.2) is 62.5 Å². The molecule has 2 amide bonds. The normalized spacial score (nSPS) is 24.4. The second-order valence-corrected chi connectivity index (χ2v) is 7.06. The Morgan fingerprint density at radius 1 is 1.48 bits per heavy atom. The van der Waals surface area contributed by atoms with E-state index in [0.29, 0.717) is 12.6 Å². The first-order chi connectivity index (χ1) is 12.1. The second kappa shape index (κ2) is 8.54. The first-order valence-electron chi connectivity index (χ1n) is 9.17. The van der Waals surface area contributed by atoms with Crippen LogP contribution in [0.25, 0.3) is 0 Å². The minimum atomic E-state index is -0.137. The van der Waals surface area contributed by atoms with E-state index in [2.05, 4.69) is 15.5 Å². The van der Waals surface area contributed by atoms with Gasteiger partial charge in [-0.2, -0.15) is 0 Å². The lowest BCUT2D eigenvalue weighted by Crippen LogP contribution is -2.51. The maximum absolute atomic E-state index is 12.1. The summed E-state index contributed by atoms with van der Waals surface area (Å²) in [7, 11) is 1.66. The molecule has 25 heavy (non-hydrogen) atoms. The van der Waals surface area contributed by atoms with Crippen LogP contribution in [0.15, 0.2) is 24.3 Å². The summed E-state index contributed by atoms with van der Waals surface area (Å²) >= 11 is 0. The smallest absolute Gasteiger partial charge is 0.315 e. The van der Waals surface area contributed by atoms with E-state index in [-0.39, 0.29) is 18.2 Å². The van der Waals surface area contributed by atoms with E-state index in [1.54, 1.807) is 7.11 Å². The predicted molar refractivity (Wildman–Crippen MR) is 97.0 cm³/mol. The van der Waals surface area contributed by atoms with Crippen molar-refractivity contribution in [1.29, 1.82) is 0 Å². The minimum Gasteiger partial charge on any atom is -0.497 e. The molecule has 2 N–H and O–H groups in total. The maximum atomic E-state index is 12.1. The molecule has 0 saturated carbocycles. The summed E-state index contributed by atoms with van der Waals surface area (Å²) in [5.74, 6) is 0.837. The van der Waals surface area contributed by atoms with Crippen LogP contribution in [0.3, 0.4) is 0 Å². The lowest BCUT2D eigenvalue weighted by molar-refractivity contribution is -0.0458. The molecule has 2 heterocycles. The van der Waals surface area contributed by atoms with Crippen molar-refractivity contribution >= 4 is 6.03 Å². The number of carbonyl (C=O) groups is 1. The van der Waals surface area contributed by atoms with Gasteiger partial charge < -0.3 is 20.1 Å². The molecule has 0 unspecified atom stereocenters. The summed E-state index contributed by atoms with van der Waals surface area (Å²) in [4.78, 5) is 14.6. The van der Waals surface area contributed by atoms with E-state index < -0.39 is 0 Å². The lowest BCUT2D eigenvalue weighted by atomic mass is 10.1. The van der Waals surface area contributed by atoms with Gasteiger partial charge in [0.05, 0.1) is 19.8 Å². The van der Waals surface area contributed by atoms with E-state index in [1.807, 2.05) is 31.2 Å². The van der Waals surface area contributed by atoms with Crippen LogP contribution < -0.4 is 15.4 Å². The molecule has 2 fully saturated rings. The third-order valence-electron chi connectivity index (χ3n) is 5.01. The number of nitrogens with zero attached hydrogens (tertiary/aromatic N) is 1. The molecule has 1 aromatic rings. The van der Waals surface area contributed by atoms with Gasteiger partial charge in [0, 0.05) is 25.2 Å². The monoisotopic (exact) mass is 347 g/mol. The fourth-order valence-corrected chi connectivity index (χ4v) is 3.69. The Morgan fingerprint density at radius 2 is 2.36 bits per heavy atom. The molecule has 1 aromatic carbocycles. The number of hydrogen-bond acceptors (Lipinski definition) is 4. The van der Waals surface area contributed by atoms with Crippen LogP contribution >= 0.6 is 0 Å². The minimum absolute atomic E-state index is 0.0438. The topological polar surface area (TPSA) is 62.8 Å². The highest BCUT2D eigenvalue weighted by atomic mass is 16.5. The Kier molecular flexibility index (Phi) is 6.15. The van der Waals surface area contributed by atoms with Crippen LogP contribution in [0.1, 0.15) is 25.3 Å². The van der Waals surface area contributed by atoms with Crippen molar-refractivity contribution in [3.8, 4) is 5.75 Å². The number of nitrogens with one attached hydrogen (secondary N) is 2. The Bertz CT molecular complexity index is 581. The van der Waals surface area contributed by atoms with Gasteiger partial charge in [0.25, 0.3) is 0 Å². The molecule has 0 radical (unpaired) electrons. The van der Waals surface area contributed by atoms with Gasteiger partial charge in [-0.15, -0.1) is 0 Å². The van der Waals surface area contributed by atoms with Gasteiger partial charge in [-0.25, -0.2) is 4.79 Å². The van der Waals surface area contributed by atoms with Gasteiger partial charge in [0.2, 0.25) is 0 Å². The van der Waals surface area contributed by atoms with Crippen molar-refractivity contribution in [3.63, 3.8) is 0 Å². The zero-order valence-electron chi connectivity index (χ0n) is 15.2.